The highest BCUT2D eigenvalue weighted by molar-refractivity contribution is 5.94. The first-order valence-corrected chi connectivity index (χ1v) is 9.13. The normalized spacial score (nSPS) is 10.3. The van der Waals surface area contributed by atoms with Crippen LogP contribution in [-0.4, -0.2) is 12.5 Å². The second kappa shape index (κ2) is 9.43. The van der Waals surface area contributed by atoms with Crippen molar-refractivity contribution in [3.63, 3.8) is 0 Å². The van der Waals surface area contributed by atoms with Gasteiger partial charge in [0.15, 0.2) is 0 Å². The molecule has 27 heavy (non-hydrogen) atoms. The molecule has 0 heterocycles. The summed E-state index contributed by atoms with van der Waals surface area (Å²) < 4.78 is 5.77. The molecule has 0 radical (unpaired) electrons. The minimum Gasteiger partial charge on any atom is -0.489 e. The SMILES string of the molecule is CCc1ccccc1NC(=O)CNc1ccc(OCc2ccccc2)cc1. The number of hydrogen-bond acceptors (Lipinski definition) is 3. The van der Waals surface area contributed by atoms with Gasteiger partial charge >= 0.3 is 0 Å². The summed E-state index contributed by atoms with van der Waals surface area (Å²) in [5.74, 6) is 0.728. The number of ether oxygens (including phenoxy) is 1. The van der Waals surface area contributed by atoms with Crippen molar-refractivity contribution >= 4 is 17.3 Å². The van der Waals surface area contributed by atoms with E-state index in [0.717, 1.165) is 34.7 Å². The number of benzene rings is 3. The van der Waals surface area contributed by atoms with E-state index < -0.39 is 0 Å². The average Bonchev–Trinajstić information content (AvgIpc) is 2.72. The van der Waals surface area contributed by atoms with E-state index in [0.29, 0.717) is 6.61 Å². The molecule has 0 saturated carbocycles. The number of rotatable bonds is 8. The lowest BCUT2D eigenvalue weighted by molar-refractivity contribution is -0.114. The molecular formula is C23H24N2O2. The van der Waals surface area contributed by atoms with Gasteiger partial charge in [0, 0.05) is 11.4 Å². The van der Waals surface area contributed by atoms with Crippen molar-refractivity contribution in [2.24, 2.45) is 0 Å². The number of hydrogen-bond donors (Lipinski definition) is 2. The standard InChI is InChI=1S/C23H24N2O2/c1-2-19-10-6-7-11-22(19)25-23(26)16-24-20-12-14-21(15-13-20)27-17-18-8-4-3-5-9-18/h3-15,24H,2,16-17H2,1H3,(H,25,26). The number of amides is 1. The fraction of sp³-hybridized carbons (Fsp3) is 0.174. The molecule has 0 fully saturated rings. The number of aryl methyl sites for hydroxylation is 1. The molecule has 4 nitrogen and oxygen atoms in total. The van der Waals surface area contributed by atoms with E-state index in [9.17, 15) is 4.79 Å². The summed E-state index contributed by atoms with van der Waals surface area (Å²) in [6, 6.07) is 25.5. The first-order valence-electron chi connectivity index (χ1n) is 9.13. The second-order valence-electron chi connectivity index (χ2n) is 6.21. The predicted molar refractivity (Wildman–Crippen MR) is 110 cm³/mol. The smallest absolute Gasteiger partial charge is 0.243 e. The summed E-state index contributed by atoms with van der Waals surface area (Å²) in [4.78, 5) is 12.2. The molecule has 0 saturated heterocycles. The van der Waals surface area contributed by atoms with Gasteiger partial charge < -0.3 is 15.4 Å². The van der Waals surface area contributed by atoms with Gasteiger partial charge in [-0.2, -0.15) is 0 Å². The Morgan fingerprint density at radius 3 is 2.33 bits per heavy atom. The van der Waals surface area contributed by atoms with Gasteiger partial charge in [-0.15, -0.1) is 0 Å². The molecule has 3 rings (SSSR count). The molecule has 0 aromatic heterocycles. The Morgan fingerprint density at radius 2 is 1.59 bits per heavy atom. The van der Waals surface area contributed by atoms with Crippen molar-refractivity contribution in [3.05, 3.63) is 90.0 Å². The maximum atomic E-state index is 12.2. The number of carbonyl (C=O) groups excluding carboxylic acids is 1. The van der Waals surface area contributed by atoms with Gasteiger partial charge in [0.05, 0.1) is 6.54 Å². The quantitative estimate of drug-likeness (QED) is 0.602. The third-order valence-corrected chi connectivity index (χ3v) is 4.23. The Hall–Kier alpha value is -3.27. The summed E-state index contributed by atoms with van der Waals surface area (Å²) in [6.07, 6.45) is 0.883. The van der Waals surface area contributed by atoms with Crippen molar-refractivity contribution in [1.29, 1.82) is 0 Å². The van der Waals surface area contributed by atoms with E-state index in [4.69, 9.17) is 4.74 Å². The molecule has 0 aliphatic carbocycles. The molecular weight excluding hydrogens is 336 g/mol. The molecule has 3 aromatic carbocycles. The molecule has 0 aliphatic rings. The van der Waals surface area contributed by atoms with Crippen LogP contribution in [0.5, 0.6) is 5.75 Å². The lowest BCUT2D eigenvalue weighted by Crippen LogP contribution is -2.22. The molecule has 0 aliphatic heterocycles. The molecule has 1 amide bonds. The maximum absolute atomic E-state index is 12.2. The Balaban J connectivity index is 1.47. The van der Waals surface area contributed by atoms with E-state index >= 15 is 0 Å². The van der Waals surface area contributed by atoms with Crippen molar-refractivity contribution in [1.82, 2.24) is 0 Å². The fourth-order valence-electron chi connectivity index (χ4n) is 2.74. The molecule has 0 unspecified atom stereocenters. The largest absolute Gasteiger partial charge is 0.489 e. The zero-order valence-corrected chi connectivity index (χ0v) is 15.4. The van der Waals surface area contributed by atoms with E-state index in [2.05, 4.69) is 17.6 Å². The minimum atomic E-state index is -0.0692. The van der Waals surface area contributed by atoms with Crippen LogP contribution in [0.15, 0.2) is 78.9 Å². The molecule has 3 aromatic rings. The van der Waals surface area contributed by atoms with Crippen LogP contribution in [0.4, 0.5) is 11.4 Å². The first-order chi connectivity index (χ1) is 13.2. The maximum Gasteiger partial charge on any atom is 0.243 e. The number of para-hydroxylation sites is 1. The van der Waals surface area contributed by atoms with Crippen molar-refractivity contribution < 1.29 is 9.53 Å². The minimum absolute atomic E-state index is 0.0692. The Bertz CT molecular complexity index is 861. The fourth-order valence-corrected chi connectivity index (χ4v) is 2.74. The van der Waals surface area contributed by atoms with Gasteiger partial charge in [0.1, 0.15) is 12.4 Å². The molecule has 0 spiro atoms. The summed E-state index contributed by atoms with van der Waals surface area (Å²) in [6.45, 7) is 2.82. The van der Waals surface area contributed by atoms with Crippen LogP contribution in [-0.2, 0) is 17.8 Å². The third-order valence-electron chi connectivity index (χ3n) is 4.23. The van der Waals surface area contributed by atoms with Gasteiger partial charge in [-0.1, -0.05) is 55.5 Å². The summed E-state index contributed by atoms with van der Waals surface area (Å²) in [5, 5.41) is 6.09. The lowest BCUT2D eigenvalue weighted by Gasteiger charge is -2.11. The van der Waals surface area contributed by atoms with Gasteiger partial charge in [-0.25, -0.2) is 0 Å². The number of nitrogens with one attached hydrogen (secondary N) is 2. The first kappa shape index (κ1) is 18.5. The topological polar surface area (TPSA) is 50.4 Å². The van der Waals surface area contributed by atoms with Crippen LogP contribution in [0.3, 0.4) is 0 Å². The number of carbonyl (C=O) groups is 1. The predicted octanol–water partition coefficient (Wildman–Crippen LogP) is 4.88. The van der Waals surface area contributed by atoms with E-state index in [1.54, 1.807) is 0 Å². The van der Waals surface area contributed by atoms with Gasteiger partial charge in [-0.3, -0.25) is 4.79 Å². The van der Waals surface area contributed by atoms with Crippen LogP contribution in [0, 0.1) is 0 Å². The van der Waals surface area contributed by atoms with E-state index in [1.807, 2.05) is 78.9 Å². The number of anilines is 2. The average molecular weight is 360 g/mol. The highest BCUT2D eigenvalue weighted by Crippen LogP contribution is 2.18. The monoisotopic (exact) mass is 360 g/mol. The lowest BCUT2D eigenvalue weighted by atomic mass is 10.1. The van der Waals surface area contributed by atoms with Crippen molar-refractivity contribution in [2.45, 2.75) is 20.0 Å². The van der Waals surface area contributed by atoms with Crippen LogP contribution in [0.25, 0.3) is 0 Å². The zero-order valence-electron chi connectivity index (χ0n) is 15.4. The zero-order chi connectivity index (χ0) is 18.9. The Morgan fingerprint density at radius 1 is 0.889 bits per heavy atom. The molecule has 0 atom stereocenters. The Kier molecular flexibility index (Phi) is 6.47. The highest BCUT2D eigenvalue weighted by Gasteiger charge is 2.05. The van der Waals surface area contributed by atoms with Crippen LogP contribution < -0.4 is 15.4 Å². The highest BCUT2D eigenvalue weighted by atomic mass is 16.5. The van der Waals surface area contributed by atoms with Crippen molar-refractivity contribution in [2.75, 3.05) is 17.2 Å². The van der Waals surface area contributed by atoms with E-state index in [1.165, 1.54) is 0 Å². The van der Waals surface area contributed by atoms with Crippen LogP contribution in [0.2, 0.25) is 0 Å². The summed E-state index contributed by atoms with van der Waals surface area (Å²) in [7, 11) is 0. The van der Waals surface area contributed by atoms with Crippen LogP contribution >= 0.6 is 0 Å². The summed E-state index contributed by atoms with van der Waals surface area (Å²) in [5.41, 5.74) is 4.01. The second-order valence-corrected chi connectivity index (χ2v) is 6.21. The third kappa shape index (κ3) is 5.61. The molecule has 2 N–H and O–H groups in total. The molecule has 138 valence electrons. The van der Waals surface area contributed by atoms with Gasteiger partial charge in [-0.05, 0) is 47.9 Å². The van der Waals surface area contributed by atoms with E-state index in [-0.39, 0.29) is 12.5 Å². The Labute approximate surface area is 160 Å². The summed E-state index contributed by atoms with van der Waals surface area (Å²) >= 11 is 0. The van der Waals surface area contributed by atoms with Gasteiger partial charge in [0.2, 0.25) is 5.91 Å². The van der Waals surface area contributed by atoms with Crippen LogP contribution in [0.1, 0.15) is 18.1 Å². The molecule has 0 bridgehead atoms. The van der Waals surface area contributed by atoms with Gasteiger partial charge in [0.25, 0.3) is 0 Å². The van der Waals surface area contributed by atoms with Crippen molar-refractivity contribution in [3.8, 4) is 5.75 Å². The molecule has 4 heteroatoms.